The molecule has 0 spiro atoms. The van der Waals surface area contributed by atoms with Crippen molar-refractivity contribution in [2.24, 2.45) is 0 Å². The summed E-state index contributed by atoms with van der Waals surface area (Å²) in [4.78, 5) is 14.2. The molecule has 52 heavy (non-hydrogen) atoms. The molecular weight excluding hydrogens is 649 g/mol. The number of rotatable bonds is 17. The summed E-state index contributed by atoms with van der Waals surface area (Å²) in [5.41, 5.74) is 6.54. The van der Waals surface area contributed by atoms with Crippen molar-refractivity contribution in [3.8, 4) is 11.4 Å². The lowest BCUT2D eigenvalue weighted by Crippen LogP contribution is -2.41. The number of nitrogens with zero attached hydrogens (tertiary/aromatic N) is 4. The fourth-order valence-corrected chi connectivity index (χ4v) is 6.63. The third kappa shape index (κ3) is 9.63. The Bertz CT molecular complexity index is 1790. The highest BCUT2D eigenvalue weighted by Crippen LogP contribution is 2.27. The first-order valence-electron chi connectivity index (χ1n) is 17.7. The molecule has 2 heterocycles. The molecule has 6 rings (SSSR count). The van der Waals surface area contributed by atoms with Crippen molar-refractivity contribution in [3.05, 3.63) is 191 Å². The molecule has 0 aliphatic carbocycles. The van der Waals surface area contributed by atoms with E-state index < -0.39 is 24.3 Å². The van der Waals surface area contributed by atoms with E-state index in [-0.39, 0.29) is 13.2 Å². The summed E-state index contributed by atoms with van der Waals surface area (Å²) in [5.74, 6) is 0. The third-order valence-corrected chi connectivity index (χ3v) is 9.39. The summed E-state index contributed by atoms with van der Waals surface area (Å²) in [5, 5.41) is 44.0. The zero-order valence-corrected chi connectivity index (χ0v) is 29.1. The van der Waals surface area contributed by atoms with Crippen LogP contribution in [0.4, 0.5) is 0 Å². The summed E-state index contributed by atoms with van der Waals surface area (Å²) in [6.45, 7) is 1.32. The monoisotopic (exact) mass is 694 g/mol. The van der Waals surface area contributed by atoms with E-state index in [4.69, 9.17) is 9.97 Å². The van der Waals surface area contributed by atoms with E-state index in [1.807, 2.05) is 158 Å². The molecular formula is C44H46N4O4. The number of pyridine rings is 2. The minimum Gasteiger partial charge on any atom is -0.395 e. The highest BCUT2D eigenvalue weighted by Gasteiger charge is 2.29. The van der Waals surface area contributed by atoms with E-state index in [1.54, 1.807) is 0 Å². The van der Waals surface area contributed by atoms with Gasteiger partial charge in [-0.3, -0.25) is 9.80 Å². The Labute approximate surface area is 306 Å². The summed E-state index contributed by atoms with van der Waals surface area (Å²) < 4.78 is 0. The van der Waals surface area contributed by atoms with Gasteiger partial charge in [0.05, 0.1) is 60.3 Å². The molecule has 0 radical (unpaired) electrons. The van der Waals surface area contributed by atoms with E-state index in [1.165, 1.54) is 0 Å². The van der Waals surface area contributed by atoms with Crippen molar-refractivity contribution >= 4 is 0 Å². The molecule has 266 valence electrons. The van der Waals surface area contributed by atoms with Crippen molar-refractivity contribution in [1.29, 1.82) is 0 Å². The number of aromatic nitrogens is 2. The molecule has 8 heteroatoms. The smallest absolute Gasteiger partial charge is 0.0967 e. The lowest BCUT2D eigenvalue weighted by molar-refractivity contribution is 0.00508. The van der Waals surface area contributed by atoms with Gasteiger partial charge in [0.25, 0.3) is 0 Å². The van der Waals surface area contributed by atoms with E-state index >= 15 is 0 Å². The molecule has 0 unspecified atom stereocenters. The average Bonchev–Trinajstić information content (AvgIpc) is 3.20. The van der Waals surface area contributed by atoms with Crippen LogP contribution in [0.15, 0.2) is 158 Å². The maximum Gasteiger partial charge on any atom is 0.0967 e. The van der Waals surface area contributed by atoms with Crippen molar-refractivity contribution in [2.45, 2.75) is 50.5 Å². The number of hydrogen-bond donors (Lipinski definition) is 4. The van der Waals surface area contributed by atoms with Gasteiger partial charge in [0, 0.05) is 26.2 Å². The second-order valence-corrected chi connectivity index (χ2v) is 13.0. The minimum absolute atomic E-state index is 0.237. The SMILES string of the molecule is OC[C@@H]([C@@H](O)c1ccccc1)N(Cc1ccccc1)Cc1cccc(-c2cccc(CN(Cc3ccccc3)[C@@H](CO)[C@@H](O)c3ccccc3)n2)n1. The first kappa shape index (κ1) is 36.7. The number of benzene rings is 4. The van der Waals surface area contributed by atoms with E-state index in [0.29, 0.717) is 37.6 Å². The topological polar surface area (TPSA) is 113 Å². The zero-order valence-electron chi connectivity index (χ0n) is 29.1. The van der Waals surface area contributed by atoms with Crippen LogP contribution in [0.2, 0.25) is 0 Å². The molecule has 0 amide bonds. The molecule has 0 bridgehead atoms. The van der Waals surface area contributed by atoms with Crippen LogP contribution in [0.25, 0.3) is 11.4 Å². The third-order valence-electron chi connectivity index (χ3n) is 9.39. The fourth-order valence-electron chi connectivity index (χ4n) is 6.63. The van der Waals surface area contributed by atoms with Crippen LogP contribution in [0.1, 0.15) is 45.8 Å². The predicted octanol–water partition coefficient (Wildman–Crippen LogP) is 6.34. The van der Waals surface area contributed by atoms with Gasteiger partial charge in [-0.05, 0) is 46.5 Å². The van der Waals surface area contributed by atoms with Crippen molar-refractivity contribution < 1.29 is 20.4 Å². The molecule has 0 aliphatic rings. The van der Waals surface area contributed by atoms with Gasteiger partial charge in [0.15, 0.2) is 0 Å². The average molecular weight is 695 g/mol. The van der Waals surface area contributed by atoms with Crippen LogP contribution in [0.5, 0.6) is 0 Å². The van der Waals surface area contributed by atoms with Crippen molar-refractivity contribution in [1.82, 2.24) is 19.8 Å². The second-order valence-electron chi connectivity index (χ2n) is 13.0. The summed E-state index contributed by atoms with van der Waals surface area (Å²) in [7, 11) is 0. The zero-order chi connectivity index (χ0) is 36.1. The van der Waals surface area contributed by atoms with E-state index in [0.717, 1.165) is 33.6 Å². The maximum absolute atomic E-state index is 11.4. The normalized spacial score (nSPS) is 13.9. The molecule has 4 N–H and O–H groups in total. The van der Waals surface area contributed by atoms with Gasteiger partial charge in [0.1, 0.15) is 0 Å². The van der Waals surface area contributed by atoms with Gasteiger partial charge in [-0.1, -0.05) is 133 Å². The van der Waals surface area contributed by atoms with Gasteiger partial charge >= 0.3 is 0 Å². The molecule has 4 atom stereocenters. The Morgan fingerprint density at radius 3 is 1.10 bits per heavy atom. The molecule has 6 aromatic rings. The molecule has 2 aromatic heterocycles. The maximum atomic E-state index is 11.4. The van der Waals surface area contributed by atoms with Gasteiger partial charge < -0.3 is 20.4 Å². The Balaban J connectivity index is 1.26. The van der Waals surface area contributed by atoms with Crippen LogP contribution < -0.4 is 0 Å². The largest absolute Gasteiger partial charge is 0.395 e. The minimum atomic E-state index is -0.904. The second kappa shape index (κ2) is 18.4. The van der Waals surface area contributed by atoms with E-state index in [9.17, 15) is 20.4 Å². The summed E-state index contributed by atoms with van der Waals surface area (Å²) in [6.07, 6.45) is -1.81. The molecule has 8 nitrogen and oxygen atoms in total. The predicted molar refractivity (Wildman–Crippen MR) is 203 cm³/mol. The Morgan fingerprint density at radius 1 is 0.404 bits per heavy atom. The van der Waals surface area contributed by atoms with Crippen LogP contribution in [-0.4, -0.2) is 65.5 Å². The molecule has 0 saturated carbocycles. The number of aliphatic hydroxyl groups is 4. The molecule has 0 fully saturated rings. The van der Waals surface area contributed by atoms with Gasteiger partial charge in [-0.15, -0.1) is 0 Å². The Kier molecular flexibility index (Phi) is 13.0. The highest BCUT2D eigenvalue weighted by molar-refractivity contribution is 5.54. The van der Waals surface area contributed by atoms with Gasteiger partial charge in [-0.2, -0.15) is 0 Å². The Hall–Kier alpha value is -5.06. The van der Waals surface area contributed by atoms with Crippen molar-refractivity contribution in [3.63, 3.8) is 0 Å². The van der Waals surface area contributed by atoms with Crippen LogP contribution in [0.3, 0.4) is 0 Å². The summed E-state index contributed by atoms with van der Waals surface area (Å²) in [6, 6.07) is 49.4. The number of aliphatic hydroxyl groups excluding tert-OH is 4. The first-order valence-corrected chi connectivity index (χ1v) is 17.7. The quantitative estimate of drug-likeness (QED) is 0.0876. The fraction of sp³-hybridized carbons (Fsp3) is 0.227. The standard InChI is InChI=1S/C44H46N4O4/c49-31-41(43(51)35-19-9-3-10-20-35)47(27-33-15-5-1-6-16-33)29-37-23-13-25-39(45-37)40-26-14-24-38(46-40)30-48(28-34-17-7-2-8-18-34)42(32-50)44(52)36-21-11-4-12-22-36/h1-26,41-44,49-52H,27-32H2/t41-,42-,43-,44-/m0/s1. The van der Waals surface area contributed by atoms with E-state index in [2.05, 4.69) is 9.80 Å². The van der Waals surface area contributed by atoms with Crippen LogP contribution in [0, 0.1) is 0 Å². The molecule has 0 saturated heterocycles. The van der Waals surface area contributed by atoms with Gasteiger partial charge in [-0.25, -0.2) is 9.97 Å². The van der Waals surface area contributed by atoms with Crippen LogP contribution in [-0.2, 0) is 26.2 Å². The lowest BCUT2D eigenvalue weighted by atomic mass is 10.0. The summed E-state index contributed by atoms with van der Waals surface area (Å²) >= 11 is 0. The highest BCUT2D eigenvalue weighted by atomic mass is 16.3. The lowest BCUT2D eigenvalue weighted by Gasteiger charge is -2.34. The van der Waals surface area contributed by atoms with Gasteiger partial charge in [0.2, 0.25) is 0 Å². The van der Waals surface area contributed by atoms with Crippen molar-refractivity contribution in [2.75, 3.05) is 13.2 Å². The molecule has 4 aromatic carbocycles. The molecule has 0 aliphatic heterocycles. The first-order chi connectivity index (χ1) is 25.5. The number of hydrogen-bond acceptors (Lipinski definition) is 8. The van der Waals surface area contributed by atoms with Crippen LogP contribution >= 0.6 is 0 Å². The Morgan fingerprint density at radius 2 is 0.750 bits per heavy atom.